The first kappa shape index (κ1) is 23.4. The number of piperazine rings is 1. The average Bonchev–Trinajstić information content (AvgIpc) is 2.89. The van der Waals surface area contributed by atoms with Crippen molar-refractivity contribution in [3.05, 3.63) is 112 Å². The molecule has 0 atom stereocenters. The minimum atomic E-state index is -0.252. The molecule has 6 heteroatoms. The summed E-state index contributed by atoms with van der Waals surface area (Å²) in [4.78, 5) is 18.1. The van der Waals surface area contributed by atoms with E-state index in [-0.39, 0.29) is 11.4 Å². The van der Waals surface area contributed by atoms with E-state index in [1.54, 1.807) is 16.8 Å². The summed E-state index contributed by atoms with van der Waals surface area (Å²) >= 11 is 0. The first-order chi connectivity index (χ1) is 17.2. The molecule has 5 nitrogen and oxygen atoms in total. The van der Waals surface area contributed by atoms with Gasteiger partial charge in [0.1, 0.15) is 5.82 Å². The Labute approximate surface area is 205 Å². The van der Waals surface area contributed by atoms with Crippen LogP contribution < -0.4 is 5.56 Å². The Morgan fingerprint density at radius 1 is 0.714 bits per heavy atom. The van der Waals surface area contributed by atoms with E-state index in [2.05, 4.69) is 40.1 Å². The van der Waals surface area contributed by atoms with Gasteiger partial charge in [0.25, 0.3) is 5.56 Å². The lowest BCUT2D eigenvalue weighted by Gasteiger charge is -2.34. The van der Waals surface area contributed by atoms with Gasteiger partial charge in [-0.3, -0.25) is 9.69 Å². The number of hydrogen-bond acceptors (Lipinski definition) is 4. The molecule has 5 rings (SSSR count). The van der Waals surface area contributed by atoms with Crippen molar-refractivity contribution in [3.63, 3.8) is 0 Å². The smallest absolute Gasteiger partial charge is 0.274 e. The van der Waals surface area contributed by atoms with Crippen molar-refractivity contribution in [2.24, 2.45) is 0 Å². The number of halogens is 1. The molecule has 4 aromatic rings. The summed E-state index contributed by atoms with van der Waals surface area (Å²) in [6, 6.07) is 24.7. The van der Waals surface area contributed by atoms with Crippen molar-refractivity contribution >= 4 is 10.8 Å². The Kier molecular flexibility index (Phi) is 7.31. The molecule has 0 radical (unpaired) electrons. The van der Waals surface area contributed by atoms with Crippen LogP contribution in [0.15, 0.2) is 83.7 Å². The van der Waals surface area contributed by atoms with Crippen LogP contribution in [0.3, 0.4) is 0 Å². The Morgan fingerprint density at radius 2 is 1.37 bits per heavy atom. The fourth-order valence-corrected chi connectivity index (χ4v) is 4.84. The molecule has 180 valence electrons. The van der Waals surface area contributed by atoms with Crippen LogP contribution >= 0.6 is 0 Å². The van der Waals surface area contributed by atoms with E-state index in [1.807, 2.05) is 24.3 Å². The number of fused-ring (bicyclic) bond motifs is 1. The lowest BCUT2D eigenvalue weighted by Crippen LogP contribution is -2.46. The van der Waals surface area contributed by atoms with E-state index in [1.165, 1.54) is 17.7 Å². The Morgan fingerprint density at radius 3 is 2.11 bits per heavy atom. The second kappa shape index (κ2) is 10.9. The third-order valence-corrected chi connectivity index (χ3v) is 6.79. The van der Waals surface area contributed by atoms with E-state index < -0.39 is 0 Å². The van der Waals surface area contributed by atoms with E-state index in [9.17, 15) is 9.18 Å². The van der Waals surface area contributed by atoms with Crippen LogP contribution in [0, 0.1) is 5.82 Å². The molecule has 1 saturated heterocycles. The molecule has 2 heterocycles. The topological polar surface area (TPSA) is 41.4 Å². The summed E-state index contributed by atoms with van der Waals surface area (Å²) in [5.41, 5.74) is 3.14. The number of aromatic nitrogens is 2. The van der Waals surface area contributed by atoms with Gasteiger partial charge in [-0.05, 0) is 35.7 Å². The van der Waals surface area contributed by atoms with Crippen LogP contribution in [0.4, 0.5) is 4.39 Å². The van der Waals surface area contributed by atoms with Gasteiger partial charge in [-0.2, -0.15) is 5.10 Å². The summed E-state index contributed by atoms with van der Waals surface area (Å²) in [5.74, 6) is -0.252. The normalized spacial score (nSPS) is 15.0. The molecule has 35 heavy (non-hydrogen) atoms. The van der Waals surface area contributed by atoms with Gasteiger partial charge in [0.15, 0.2) is 0 Å². The molecule has 0 N–H and O–H groups in total. The van der Waals surface area contributed by atoms with Crippen LogP contribution in [0.25, 0.3) is 10.8 Å². The van der Waals surface area contributed by atoms with Gasteiger partial charge in [-0.25, -0.2) is 9.07 Å². The van der Waals surface area contributed by atoms with Gasteiger partial charge in [0.05, 0.1) is 11.1 Å². The van der Waals surface area contributed by atoms with E-state index in [4.69, 9.17) is 5.10 Å². The molecule has 1 aliphatic rings. The molecule has 0 spiro atoms. The number of aryl methyl sites for hydroxylation is 1. The van der Waals surface area contributed by atoms with E-state index in [0.29, 0.717) is 18.4 Å². The molecule has 1 aromatic heterocycles. The van der Waals surface area contributed by atoms with Gasteiger partial charge < -0.3 is 4.90 Å². The Balaban J connectivity index is 1.21. The van der Waals surface area contributed by atoms with Crippen molar-refractivity contribution in [1.29, 1.82) is 0 Å². The minimum Gasteiger partial charge on any atom is -0.301 e. The SMILES string of the molecule is O=c1c2ccccc2c(Cc2ccc(F)cc2)nn1CCCN1CCN(Cc2ccccc2)CC1. The number of nitrogens with zero attached hydrogens (tertiary/aromatic N) is 4. The van der Waals surface area contributed by atoms with Crippen molar-refractivity contribution in [3.8, 4) is 0 Å². The molecule has 0 unspecified atom stereocenters. The largest absolute Gasteiger partial charge is 0.301 e. The number of hydrogen-bond donors (Lipinski definition) is 0. The third-order valence-electron chi connectivity index (χ3n) is 6.79. The number of rotatable bonds is 8. The lowest BCUT2D eigenvalue weighted by molar-refractivity contribution is 0.124. The van der Waals surface area contributed by atoms with Crippen molar-refractivity contribution in [1.82, 2.24) is 19.6 Å². The van der Waals surface area contributed by atoms with Gasteiger partial charge in [0, 0.05) is 57.6 Å². The highest BCUT2D eigenvalue weighted by Crippen LogP contribution is 2.17. The van der Waals surface area contributed by atoms with Gasteiger partial charge in [0.2, 0.25) is 0 Å². The van der Waals surface area contributed by atoms with Crippen LogP contribution in [0.2, 0.25) is 0 Å². The highest BCUT2D eigenvalue weighted by Gasteiger charge is 2.17. The zero-order valence-electron chi connectivity index (χ0n) is 19.9. The van der Waals surface area contributed by atoms with Crippen LogP contribution in [-0.2, 0) is 19.5 Å². The maximum atomic E-state index is 13.3. The molecule has 1 fully saturated rings. The van der Waals surface area contributed by atoms with E-state index >= 15 is 0 Å². The zero-order valence-corrected chi connectivity index (χ0v) is 19.9. The van der Waals surface area contributed by atoms with Crippen LogP contribution in [0.5, 0.6) is 0 Å². The van der Waals surface area contributed by atoms with Crippen molar-refractivity contribution in [2.45, 2.75) is 25.9 Å². The summed E-state index contributed by atoms with van der Waals surface area (Å²) in [5, 5.41) is 6.30. The summed E-state index contributed by atoms with van der Waals surface area (Å²) < 4.78 is 15.0. The monoisotopic (exact) mass is 470 g/mol. The van der Waals surface area contributed by atoms with Gasteiger partial charge in [-0.15, -0.1) is 0 Å². The third kappa shape index (κ3) is 5.84. The summed E-state index contributed by atoms with van der Waals surface area (Å²) in [6.45, 7) is 6.75. The molecule has 1 aliphatic heterocycles. The standard InChI is InChI=1S/C29H31FN4O/c30-25-13-11-23(12-14-25)21-28-26-9-4-5-10-27(26)29(35)34(31-28)16-6-15-32-17-19-33(20-18-32)22-24-7-2-1-3-8-24/h1-5,7-14H,6,15-22H2. The minimum absolute atomic E-state index is 0.0452. The Hall–Kier alpha value is -3.35. The predicted molar refractivity (Wildman–Crippen MR) is 138 cm³/mol. The van der Waals surface area contributed by atoms with Crippen molar-refractivity contribution in [2.75, 3.05) is 32.7 Å². The van der Waals surface area contributed by atoms with Crippen LogP contribution in [-0.4, -0.2) is 52.3 Å². The maximum absolute atomic E-state index is 13.3. The molecule has 0 aliphatic carbocycles. The van der Waals surface area contributed by atoms with Crippen molar-refractivity contribution < 1.29 is 4.39 Å². The summed E-state index contributed by atoms with van der Waals surface area (Å²) in [7, 11) is 0. The number of benzene rings is 3. The predicted octanol–water partition coefficient (Wildman–Crippen LogP) is 4.33. The lowest BCUT2D eigenvalue weighted by atomic mass is 10.0. The van der Waals surface area contributed by atoms with Gasteiger partial charge >= 0.3 is 0 Å². The van der Waals surface area contributed by atoms with Crippen LogP contribution in [0.1, 0.15) is 23.2 Å². The fourth-order valence-electron chi connectivity index (χ4n) is 4.84. The average molecular weight is 471 g/mol. The Bertz CT molecular complexity index is 1310. The highest BCUT2D eigenvalue weighted by atomic mass is 19.1. The van der Waals surface area contributed by atoms with Gasteiger partial charge in [-0.1, -0.05) is 60.7 Å². The quantitative estimate of drug-likeness (QED) is 0.384. The maximum Gasteiger partial charge on any atom is 0.274 e. The molecular formula is C29H31FN4O. The second-order valence-corrected chi connectivity index (χ2v) is 9.28. The fraction of sp³-hybridized carbons (Fsp3) is 0.310. The molecule has 0 saturated carbocycles. The molecular weight excluding hydrogens is 439 g/mol. The molecule has 3 aromatic carbocycles. The molecule has 0 bridgehead atoms. The first-order valence-corrected chi connectivity index (χ1v) is 12.4. The second-order valence-electron chi connectivity index (χ2n) is 9.28. The zero-order chi connectivity index (χ0) is 24.0. The molecule has 0 amide bonds. The first-order valence-electron chi connectivity index (χ1n) is 12.4. The highest BCUT2D eigenvalue weighted by molar-refractivity contribution is 5.83. The van der Waals surface area contributed by atoms with E-state index in [0.717, 1.165) is 62.3 Å². The summed E-state index contributed by atoms with van der Waals surface area (Å²) in [6.07, 6.45) is 1.43.